The molecule has 0 heterocycles. The Kier molecular flexibility index (Phi) is 3.09. The molecule has 14 heavy (non-hydrogen) atoms. The monoisotopic (exact) mass is 184 g/mol. The molecule has 0 aromatic heterocycles. The number of nitrogen functional groups attached to an aromatic ring is 1. The van der Waals surface area contributed by atoms with Crippen molar-refractivity contribution in [3.63, 3.8) is 0 Å². The van der Waals surface area contributed by atoms with E-state index in [1.54, 1.807) is 6.07 Å². The molecular weight excluding hydrogens is 172 g/mol. The average molecular weight is 184 g/mol. The SMILES string of the molecule is C=c1ccc(N)c(C#N)/c1=C/C=C\C. The van der Waals surface area contributed by atoms with Crippen molar-refractivity contribution in [1.82, 2.24) is 0 Å². The van der Waals surface area contributed by atoms with E-state index < -0.39 is 0 Å². The van der Waals surface area contributed by atoms with Crippen molar-refractivity contribution in [1.29, 1.82) is 5.26 Å². The van der Waals surface area contributed by atoms with Crippen LogP contribution in [0.1, 0.15) is 12.5 Å². The third kappa shape index (κ3) is 1.83. The fourth-order valence-corrected chi connectivity index (χ4v) is 1.19. The fraction of sp³-hybridized carbons (Fsp3) is 0.0833. The van der Waals surface area contributed by atoms with Gasteiger partial charge >= 0.3 is 0 Å². The Bertz CT molecular complexity index is 504. The highest BCUT2D eigenvalue weighted by Gasteiger charge is 1.98. The molecule has 0 aliphatic carbocycles. The van der Waals surface area contributed by atoms with Crippen LogP contribution >= 0.6 is 0 Å². The molecule has 0 saturated heterocycles. The molecule has 0 unspecified atom stereocenters. The number of hydrogen-bond donors (Lipinski definition) is 1. The van der Waals surface area contributed by atoms with Gasteiger partial charge in [-0.05, 0) is 18.2 Å². The molecule has 0 bridgehead atoms. The number of rotatable bonds is 1. The summed E-state index contributed by atoms with van der Waals surface area (Å²) < 4.78 is 0. The highest BCUT2D eigenvalue weighted by molar-refractivity contribution is 5.58. The molecule has 0 amide bonds. The number of anilines is 1. The van der Waals surface area contributed by atoms with E-state index >= 15 is 0 Å². The van der Waals surface area contributed by atoms with Gasteiger partial charge in [-0.1, -0.05) is 30.9 Å². The lowest BCUT2D eigenvalue weighted by Crippen LogP contribution is -2.27. The smallest absolute Gasteiger partial charge is 0.102 e. The van der Waals surface area contributed by atoms with Crippen molar-refractivity contribution in [2.75, 3.05) is 5.73 Å². The van der Waals surface area contributed by atoms with Gasteiger partial charge in [0.25, 0.3) is 0 Å². The standard InChI is InChI=1S/C12H12N2/c1-3-4-5-10-9(2)6-7-12(14)11(10)8-13/h3-7H,2,14H2,1H3/b4-3-,10-5+. The van der Waals surface area contributed by atoms with Crippen LogP contribution in [-0.2, 0) is 0 Å². The number of nitriles is 1. The Balaban J connectivity index is 3.64. The summed E-state index contributed by atoms with van der Waals surface area (Å²) in [6, 6.07) is 5.60. The third-order valence-electron chi connectivity index (χ3n) is 1.94. The van der Waals surface area contributed by atoms with Crippen molar-refractivity contribution in [3.05, 3.63) is 40.3 Å². The van der Waals surface area contributed by atoms with E-state index in [0.717, 1.165) is 10.4 Å². The minimum absolute atomic E-state index is 0.496. The first-order valence-corrected chi connectivity index (χ1v) is 4.31. The molecular formula is C12H12N2. The van der Waals surface area contributed by atoms with Crippen molar-refractivity contribution in [3.8, 4) is 6.07 Å². The van der Waals surface area contributed by atoms with E-state index in [-0.39, 0.29) is 0 Å². The molecule has 1 rings (SSSR count). The van der Waals surface area contributed by atoms with Gasteiger partial charge in [0, 0.05) is 5.22 Å². The zero-order valence-electron chi connectivity index (χ0n) is 8.12. The summed E-state index contributed by atoms with van der Waals surface area (Å²) in [6.45, 7) is 5.77. The largest absolute Gasteiger partial charge is 0.398 e. The van der Waals surface area contributed by atoms with E-state index in [2.05, 4.69) is 12.6 Å². The molecule has 2 N–H and O–H groups in total. The van der Waals surface area contributed by atoms with E-state index in [1.807, 2.05) is 31.2 Å². The normalized spacial score (nSPS) is 11.9. The summed E-state index contributed by atoms with van der Waals surface area (Å²) in [5.41, 5.74) is 6.67. The molecule has 2 nitrogen and oxygen atoms in total. The minimum Gasteiger partial charge on any atom is -0.398 e. The first-order valence-electron chi connectivity index (χ1n) is 4.31. The van der Waals surface area contributed by atoms with Crippen molar-refractivity contribution < 1.29 is 0 Å². The fourth-order valence-electron chi connectivity index (χ4n) is 1.19. The molecule has 70 valence electrons. The number of nitrogens with zero attached hydrogens (tertiary/aromatic N) is 1. The maximum atomic E-state index is 8.92. The molecule has 0 aliphatic rings. The van der Waals surface area contributed by atoms with Crippen molar-refractivity contribution in [2.45, 2.75) is 6.92 Å². The molecule has 1 aromatic carbocycles. The van der Waals surface area contributed by atoms with Crippen LogP contribution in [-0.4, -0.2) is 0 Å². The molecule has 0 aliphatic heterocycles. The second-order valence-corrected chi connectivity index (χ2v) is 2.91. The summed E-state index contributed by atoms with van der Waals surface area (Å²) in [6.07, 6.45) is 5.60. The maximum Gasteiger partial charge on any atom is 0.102 e. The summed E-state index contributed by atoms with van der Waals surface area (Å²) in [4.78, 5) is 0. The quantitative estimate of drug-likeness (QED) is 0.659. The van der Waals surface area contributed by atoms with E-state index in [4.69, 9.17) is 11.0 Å². The lowest BCUT2D eigenvalue weighted by molar-refractivity contribution is 1.43. The summed E-state index contributed by atoms with van der Waals surface area (Å²) in [5.74, 6) is 0. The number of benzene rings is 1. The van der Waals surface area contributed by atoms with E-state index in [1.165, 1.54) is 0 Å². The van der Waals surface area contributed by atoms with Crippen molar-refractivity contribution >= 4 is 18.3 Å². The van der Waals surface area contributed by atoms with Gasteiger partial charge < -0.3 is 5.73 Å². The predicted molar refractivity (Wildman–Crippen MR) is 59.6 cm³/mol. The summed E-state index contributed by atoms with van der Waals surface area (Å²) >= 11 is 0. The lowest BCUT2D eigenvalue weighted by Gasteiger charge is -1.97. The zero-order valence-corrected chi connectivity index (χ0v) is 8.12. The number of nitrogens with two attached hydrogens (primary N) is 1. The average Bonchev–Trinajstić information content (AvgIpc) is 2.19. The van der Waals surface area contributed by atoms with Gasteiger partial charge in [-0.25, -0.2) is 0 Å². The summed E-state index contributed by atoms with van der Waals surface area (Å²) in [5, 5.41) is 10.5. The number of allylic oxidation sites excluding steroid dienone is 2. The highest BCUT2D eigenvalue weighted by Crippen LogP contribution is 2.00. The predicted octanol–water partition coefficient (Wildman–Crippen LogP) is 0.907. The van der Waals surface area contributed by atoms with Gasteiger partial charge in [-0.2, -0.15) is 5.26 Å². The Morgan fingerprint density at radius 3 is 2.79 bits per heavy atom. The molecule has 0 atom stereocenters. The van der Waals surface area contributed by atoms with Crippen LogP contribution < -0.4 is 16.2 Å². The van der Waals surface area contributed by atoms with Crippen LogP contribution in [0.3, 0.4) is 0 Å². The highest BCUT2D eigenvalue weighted by atomic mass is 14.6. The first kappa shape index (κ1) is 10.1. The Hall–Kier alpha value is -2.01. The Morgan fingerprint density at radius 1 is 1.50 bits per heavy atom. The molecule has 0 spiro atoms. The molecule has 0 fully saturated rings. The van der Waals surface area contributed by atoms with Gasteiger partial charge in [0.05, 0.1) is 11.3 Å². The van der Waals surface area contributed by atoms with Crippen LogP contribution in [0, 0.1) is 11.3 Å². The van der Waals surface area contributed by atoms with Crippen molar-refractivity contribution in [2.24, 2.45) is 0 Å². The summed E-state index contributed by atoms with van der Waals surface area (Å²) in [7, 11) is 0. The Morgan fingerprint density at radius 2 is 2.21 bits per heavy atom. The van der Waals surface area contributed by atoms with Gasteiger partial charge in [0.1, 0.15) is 6.07 Å². The van der Waals surface area contributed by atoms with Crippen LogP contribution in [0.25, 0.3) is 12.7 Å². The molecule has 1 aromatic rings. The topological polar surface area (TPSA) is 49.8 Å². The second kappa shape index (κ2) is 4.29. The van der Waals surface area contributed by atoms with Crippen LogP contribution in [0.4, 0.5) is 5.69 Å². The third-order valence-corrected chi connectivity index (χ3v) is 1.94. The Labute approximate surface area is 83.3 Å². The first-order chi connectivity index (χ1) is 6.70. The van der Waals surface area contributed by atoms with E-state index in [0.29, 0.717) is 11.3 Å². The lowest BCUT2D eigenvalue weighted by atomic mass is 10.1. The molecule has 0 saturated carbocycles. The van der Waals surface area contributed by atoms with Gasteiger partial charge in [0.2, 0.25) is 0 Å². The second-order valence-electron chi connectivity index (χ2n) is 2.91. The molecule has 0 radical (unpaired) electrons. The molecule has 2 heteroatoms. The minimum atomic E-state index is 0.496. The van der Waals surface area contributed by atoms with Crippen LogP contribution in [0.5, 0.6) is 0 Å². The van der Waals surface area contributed by atoms with Gasteiger partial charge in [0.15, 0.2) is 0 Å². The zero-order chi connectivity index (χ0) is 10.6. The van der Waals surface area contributed by atoms with Crippen LogP contribution in [0.15, 0.2) is 24.3 Å². The van der Waals surface area contributed by atoms with Gasteiger partial charge in [-0.3, -0.25) is 0 Å². The van der Waals surface area contributed by atoms with Gasteiger partial charge in [-0.15, -0.1) is 0 Å². The van der Waals surface area contributed by atoms with Crippen LogP contribution in [0.2, 0.25) is 0 Å². The number of hydrogen-bond acceptors (Lipinski definition) is 2. The van der Waals surface area contributed by atoms with E-state index in [9.17, 15) is 0 Å². The maximum absolute atomic E-state index is 8.92.